The van der Waals surface area contributed by atoms with Crippen LogP contribution < -0.4 is 10.6 Å². The Bertz CT molecular complexity index is 1050. The Morgan fingerprint density at radius 1 is 0.885 bits per heavy atom. The Morgan fingerprint density at radius 2 is 1.54 bits per heavy atom. The van der Waals surface area contributed by atoms with E-state index in [1.165, 1.54) is 12.4 Å². The van der Waals surface area contributed by atoms with E-state index < -0.39 is 5.91 Å². The maximum Gasteiger partial charge on any atom is 0.274 e. The Labute approximate surface area is 149 Å². The third-order valence-corrected chi connectivity index (χ3v) is 3.41. The van der Waals surface area contributed by atoms with Crippen LogP contribution in [0.4, 0.5) is 17.2 Å². The van der Waals surface area contributed by atoms with Gasteiger partial charge in [-0.2, -0.15) is 10.5 Å². The first-order valence-electron chi connectivity index (χ1n) is 7.59. The first-order valence-corrected chi connectivity index (χ1v) is 7.59. The van der Waals surface area contributed by atoms with E-state index in [4.69, 9.17) is 10.5 Å². The van der Waals surface area contributed by atoms with Gasteiger partial charge in [0, 0.05) is 17.4 Å². The molecule has 2 aromatic carbocycles. The van der Waals surface area contributed by atoms with Crippen molar-refractivity contribution < 1.29 is 4.79 Å². The molecular weight excluding hydrogens is 328 g/mol. The number of rotatable bonds is 4. The Morgan fingerprint density at radius 3 is 2.23 bits per heavy atom. The number of hydrogen-bond acceptors (Lipinski definition) is 6. The highest BCUT2D eigenvalue weighted by Crippen LogP contribution is 2.17. The summed E-state index contributed by atoms with van der Waals surface area (Å²) >= 11 is 0. The van der Waals surface area contributed by atoms with Crippen molar-refractivity contribution in [3.05, 3.63) is 77.7 Å². The van der Waals surface area contributed by atoms with Gasteiger partial charge in [-0.1, -0.05) is 12.1 Å². The van der Waals surface area contributed by atoms with Crippen molar-refractivity contribution in [1.82, 2.24) is 9.97 Å². The molecule has 0 aliphatic rings. The van der Waals surface area contributed by atoms with Crippen LogP contribution in [0.2, 0.25) is 0 Å². The average molecular weight is 340 g/mol. The summed E-state index contributed by atoms with van der Waals surface area (Å²) in [6.45, 7) is 0. The summed E-state index contributed by atoms with van der Waals surface area (Å²) in [6.07, 6.45) is 1.27. The smallest absolute Gasteiger partial charge is 0.274 e. The van der Waals surface area contributed by atoms with Crippen LogP contribution >= 0.6 is 0 Å². The first kappa shape index (κ1) is 16.6. The second-order valence-electron chi connectivity index (χ2n) is 5.25. The molecule has 124 valence electrons. The van der Waals surface area contributed by atoms with Crippen LogP contribution in [-0.4, -0.2) is 15.9 Å². The minimum Gasteiger partial charge on any atom is -0.340 e. The summed E-state index contributed by atoms with van der Waals surface area (Å²) in [6, 6.07) is 19.1. The second-order valence-corrected chi connectivity index (χ2v) is 5.25. The fraction of sp³-hybridized carbons (Fsp3) is 0. The van der Waals surface area contributed by atoms with Gasteiger partial charge in [-0.05, 0) is 36.4 Å². The fourth-order valence-corrected chi connectivity index (χ4v) is 2.23. The highest BCUT2D eigenvalue weighted by molar-refractivity contribution is 6.03. The van der Waals surface area contributed by atoms with Gasteiger partial charge in [0.15, 0.2) is 0 Å². The molecule has 2 N–H and O–H groups in total. The van der Waals surface area contributed by atoms with Gasteiger partial charge in [0.2, 0.25) is 0 Å². The number of aromatic nitrogens is 2. The molecule has 0 unspecified atom stereocenters. The molecule has 26 heavy (non-hydrogen) atoms. The van der Waals surface area contributed by atoms with Crippen molar-refractivity contribution in [3.8, 4) is 12.1 Å². The largest absolute Gasteiger partial charge is 0.340 e. The minimum absolute atomic E-state index is 0.168. The van der Waals surface area contributed by atoms with Gasteiger partial charge in [-0.3, -0.25) is 4.79 Å². The van der Waals surface area contributed by atoms with Crippen LogP contribution in [0.15, 0.2) is 60.9 Å². The predicted molar refractivity (Wildman–Crippen MR) is 95.6 cm³/mol. The molecule has 7 heteroatoms. The molecular formula is C19H12N6O. The van der Waals surface area contributed by atoms with E-state index >= 15 is 0 Å². The molecule has 0 bridgehead atoms. The molecule has 0 atom stereocenters. The van der Waals surface area contributed by atoms with E-state index in [0.29, 0.717) is 28.3 Å². The molecule has 0 saturated heterocycles. The summed E-state index contributed by atoms with van der Waals surface area (Å²) in [7, 11) is 0. The molecule has 1 aromatic heterocycles. The van der Waals surface area contributed by atoms with Crippen molar-refractivity contribution in [1.29, 1.82) is 10.5 Å². The van der Waals surface area contributed by atoms with Crippen LogP contribution in [0.25, 0.3) is 0 Å². The number of nitrogens with one attached hydrogen (secondary N) is 2. The maximum absolute atomic E-state index is 12.4. The van der Waals surface area contributed by atoms with Crippen molar-refractivity contribution >= 4 is 23.1 Å². The molecule has 0 fully saturated rings. The number of nitriles is 2. The van der Waals surface area contributed by atoms with Crippen LogP contribution in [-0.2, 0) is 0 Å². The number of benzene rings is 2. The van der Waals surface area contributed by atoms with Gasteiger partial charge in [0.25, 0.3) is 5.91 Å². The summed E-state index contributed by atoms with van der Waals surface area (Å²) in [4.78, 5) is 20.4. The van der Waals surface area contributed by atoms with Gasteiger partial charge in [-0.25, -0.2) is 9.97 Å². The van der Waals surface area contributed by atoms with Crippen LogP contribution in [0.1, 0.15) is 21.6 Å². The van der Waals surface area contributed by atoms with Crippen molar-refractivity contribution in [2.24, 2.45) is 0 Å². The number of amides is 1. The van der Waals surface area contributed by atoms with Crippen LogP contribution in [0.5, 0.6) is 0 Å². The predicted octanol–water partition coefficient (Wildman–Crippen LogP) is 3.22. The van der Waals surface area contributed by atoms with Crippen molar-refractivity contribution in [2.45, 2.75) is 0 Å². The standard InChI is InChI=1S/C19H12N6O/c20-10-13-3-1-5-15(7-13)24-18-9-17(22-12-23-18)19(26)25-16-6-2-4-14(8-16)11-21/h1-9,12H,(H,25,26)(H,22,23,24). The van der Waals surface area contributed by atoms with Gasteiger partial charge in [0.1, 0.15) is 17.8 Å². The second kappa shape index (κ2) is 7.56. The third-order valence-electron chi connectivity index (χ3n) is 3.41. The number of hydrogen-bond donors (Lipinski definition) is 2. The quantitative estimate of drug-likeness (QED) is 0.753. The molecule has 1 heterocycles. The summed E-state index contributed by atoms with van der Waals surface area (Å²) in [5.41, 5.74) is 2.31. The Balaban J connectivity index is 1.77. The lowest BCUT2D eigenvalue weighted by molar-refractivity contribution is 0.102. The maximum atomic E-state index is 12.4. The molecule has 0 aliphatic heterocycles. The van der Waals surface area contributed by atoms with E-state index in [-0.39, 0.29) is 5.69 Å². The number of carbonyl (C=O) groups is 1. The lowest BCUT2D eigenvalue weighted by atomic mass is 10.2. The van der Waals surface area contributed by atoms with Gasteiger partial charge >= 0.3 is 0 Å². The highest BCUT2D eigenvalue weighted by atomic mass is 16.1. The molecule has 0 spiro atoms. The Hall–Kier alpha value is -4.23. The van der Waals surface area contributed by atoms with Crippen LogP contribution in [0.3, 0.4) is 0 Å². The average Bonchev–Trinajstić information content (AvgIpc) is 2.68. The topological polar surface area (TPSA) is 114 Å². The molecule has 0 aliphatic carbocycles. The van der Waals surface area contributed by atoms with E-state index in [0.717, 1.165) is 0 Å². The lowest BCUT2D eigenvalue weighted by Crippen LogP contribution is -2.14. The van der Waals surface area contributed by atoms with Gasteiger partial charge < -0.3 is 10.6 Å². The normalized spacial score (nSPS) is 9.62. The van der Waals surface area contributed by atoms with Crippen molar-refractivity contribution in [2.75, 3.05) is 10.6 Å². The molecule has 0 radical (unpaired) electrons. The lowest BCUT2D eigenvalue weighted by Gasteiger charge is -2.08. The zero-order valence-electron chi connectivity index (χ0n) is 13.5. The Kier molecular flexibility index (Phi) is 4.83. The summed E-state index contributed by atoms with van der Waals surface area (Å²) in [5, 5.41) is 23.6. The van der Waals surface area contributed by atoms with Gasteiger partial charge in [-0.15, -0.1) is 0 Å². The molecule has 3 rings (SSSR count). The minimum atomic E-state index is -0.420. The summed E-state index contributed by atoms with van der Waals surface area (Å²) in [5.74, 6) is 0.00216. The monoisotopic (exact) mass is 340 g/mol. The zero-order chi connectivity index (χ0) is 18.4. The number of anilines is 3. The molecule has 0 saturated carbocycles. The molecule has 3 aromatic rings. The zero-order valence-corrected chi connectivity index (χ0v) is 13.5. The van der Waals surface area contributed by atoms with E-state index in [9.17, 15) is 4.79 Å². The molecule has 1 amide bonds. The van der Waals surface area contributed by atoms with E-state index in [2.05, 4.69) is 26.7 Å². The SMILES string of the molecule is N#Cc1cccc(NC(=O)c2cc(Nc3cccc(C#N)c3)ncn2)c1. The van der Waals surface area contributed by atoms with Crippen LogP contribution in [0, 0.1) is 22.7 Å². The van der Waals surface area contributed by atoms with E-state index in [1.807, 2.05) is 6.07 Å². The molecule has 7 nitrogen and oxygen atoms in total. The van der Waals surface area contributed by atoms with E-state index in [1.54, 1.807) is 48.5 Å². The highest BCUT2D eigenvalue weighted by Gasteiger charge is 2.10. The van der Waals surface area contributed by atoms with Gasteiger partial charge in [0.05, 0.1) is 23.3 Å². The fourth-order valence-electron chi connectivity index (χ4n) is 2.23. The number of carbonyl (C=O) groups excluding carboxylic acids is 1. The third kappa shape index (κ3) is 3.99. The van der Waals surface area contributed by atoms with Crippen molar-refractivity contribution in [3.63, 3.8) is 0 Å². The summed E-state index contributed by atoms with van der Waals surface area (Å²) < 4.78 is 0. The first-order chi connectivity index (χ1) is 12.7. The number of nitrogens with zero attached hydrogens (tertiary/aromatic N) is 4.